The van der Waals surface area contributed by atoms with Crippen LogP contribution in [0.3, 0.4) is 0 Å². The van der Waals surface area contributed by atoms with Gasteiger partial charge in [-0.25, -0.2) is 4.98 Å². The monoisotopic (exact) mass is 380 g/mol. The van der Waals surface area contributed by atoms with Crippen molar-refractivity contribution >= 4 is 39.5 Å². The molecule has 1 fully saturated rings. The second kappa shape index (κ2) is 6.62. The van der Waals surface area contributed by atoms with Crippen molar-refractivity contribution in [2.75, 3.05) is 12.3 Å². The van der Waals surface area contributed by atoms with Gasteiger partial charge in [-0.3, -0.25) is 19.6 Å². The second-order valence-corrected chi connectivity index (χ2v) is 6.57. The van der Waals surface area contributed by atoms with E-state index in [0.717, 1.165) is 16.5 Å². The Morgan fingerprint density at radius 2 is 2.23 bits per heavy atom. The summed E-state index contributed by atoms with van der Waals surface area (Å²) in [5, 5.41) is 7.45. The van der Waals surface area contributed by atoms with E-state index in [-0.39, 0.29) is 17.6 Å². The first-order valence-corrected chi connectivity index (χ1v) is 8.56. The molecule has 0 aliphatic carbocycles. The van der Waals surface area contributed by atoms with E-state index >= 15 is 0 Å². The van der Waals surface area contributed by atoms with Gasteiger partial charge in [0.1, 0.15) is 0 Å². The molecule has 0 spiro atoms. The molecule has 0 radical (unpaired) electrons. The number of carbonyl (C=O) groups is 2. The number of hydrogen-bond acceptors (Lipinski definition) is 5. The van der Waals surface area contributed by atoms with Crippen molar-refractivity contribution in [3.63, 3.8) is 0 Å². The van der Waals surface area contributed by atoms with E-state index in [1.807, 2.05) is 24.3 Å². The number of carbonyl (C=O) groups excluding carboxylic acids is 2. The van der Waals surface area contributed by atoms with Gasteiger partial charge in [0.25, 0.3) is 0 Å². The summed E-state index contributed by atoms with van der Waals surface area (Å²) in [7, 11) is 0. The van der Waals surface area contributed by atoms with Crippen molar-refractivity contribution in [1.29, 1.82) is 0 Å². The maximum absolute atomic E-state index is 12.0. The highest BCUT2D eigenvalue weighted by atomic mass is 79.9. The maximum atomic E-state index is 12.0. The summed E-state index contributed by atoms with van der Waals surface area (Å²) in [6, 6.07) is 7.68. The van der Waals surface area contributed by atoms with Gasteiger partial charge in [0, 0.05) is 23.0 Å². The van der Waals surface area contributed by atoms with Gasteiger partial charge in [0.15, 0.2) is 5.82 Å². The molecule has 1 aromatic heterocycles. The Morgan fingerprint density at radius 1 is 1.41 bits per heavy atom. The van der Waals surface area contributed by atoms with Gasteiger partial charge in [-0.2, -0.15) is 0 Å². The molecule has 1 N–H and O–H groups in total. The number of rotatable bonds is 4. The highest BCUT2D eigenvalue weighted by molar-refractivity contribution is 9.10. The Kier molecular flexibility index (Phi) is 4.58. The number of likely N-dealkylation sites (tertiary alicyclic amines) is 1. The highest BCUT2D eigenvalue weighted by Gasteiger charge is 2.26. The van der Waals surface area contributed by atoms with Crippen LogP contribution in [0.15, 0.2) is 33.9 Å². The lowest BCUT2D eigenvalue weighted by molar-refractivity contribution is -0.140. The third kappa shape index (κ3) is 3.22. The fraction of sp³-hybridized carbons (Fsp3) is 0.286. The smallest absolute Gasteiger partial charge is 0.239 e. The van der Waals surface area contributed by atoms with E-state index in [1.54, 1.807) is 0 Å². The Hall–Kier alpha value is -1.67. The summed E-state index contributed by atoms with van der Waals surface area (Å²) in [4.78, 5) is 29.2. The van der Waals surface area contributed by atoms with Crippen molar-refractivity contribution in [2.24, 2.45) is 0 Å². The van der Waals surface area contributed by atoms with Crippen LogP contribution >= 0.6 is 27.7 Å². The van der Waals surface area contributed by atoms with Gasteiger partial charge >= 0.3 is 0 Å². The zero-order chi connectivity index (χ0) is 15.5. The zero-order valence-corrected chi connectivity index (χ0v) is 14.0. The summed E-state index contributed by atoms with van der Waals surface area (Å²) < 4.78 is 0.918. The number of thioether (sulfide) groups is 1. The van der Waals surface area contributed by atoms with E-state index in [0.29, 0.717) is 23.9 Å². The maximum Gasteiger partial charge on any atom is 0.239 e. The van der Waals surface area contributed by atoms with E-state index in [9.17, 15) is 9.59 Å². The molecule has 6 nitrogen and oxygen atoms in total. The summed E-state index contributed by atoms with van der Waals surface area (Å²) >= 11 is 4.69. The summed E-state index contributed by atoms with van der Waals surface area (Å²) in [6.07, 6.45) is 1.21. The van der Waals surface area contributed by atoms with Gasteiger partial charge in [0.2, 0.25) is 17.0 Å². The average Bonchev–Trinajstić information content (AvgIpc) is 3.14. The van der Waals surface area contributed by atoms with Gasteiger partial charge in [0.05, 0.1) is 5.75 Å². The predicted octanol–water partition coefficient (Wildman–Crippen LogP) is 2.48. The van der Waals surface area contributed by atoms with Gasteiger partial charge < -0.3 is 0 Å². The molecule has 2 aromatic rings. The quantitative estimate of drug-likeness (QED) is 0.824. The molecule has 1 aromatic carbocycles. The number of benzene rings is 1. The molecular weight excluding hydrogens is 368 g/mol. The molecule has 0 saturated carbocycles. The first kappa shape index (κ1) is 15.2. The number of amides is 2. The van der Waals surface area contributed by atoms with Crippen LogP contribution in [0.4, 0.5) is 0 Å². The van der Waals surface area contributed by atoms with Crippen LogP contribution in [0.25, 0.3) is 11.4 Å². The lowest BCUT2D eigenvalue weighted by atomic mass is 10.2. The molecule has 114 valence electrons. The number of nitrogens with one attached hydrogen (secondary N) is 1. The zero-order valence-electron chi connectivity index (χ0n) is 11.6. The number of H-pyrrole nitrogens is 1. The minimum absolute atomic E-state index is 0.0884. The molecule has 1 aliphatic rings. The molecule has 1 aliphatic heterocycles. The fourth-order valence-electron chi connectivity index (χ4n) is 2.20. The van der Waals surface area contributed by atoms with Crippen LogP contribution in [-0.2, 0) is 9.59 Å². The van der Waals surface area contributed by atoms with Gasteiger partial charge in [-0.05, 0) is 12.5 Å². The minimum atomic E-state index is -0.181. The Bertz CT molecular complexity index is 718. The number of nitrogens with zero attached hydrogens (tertiary/aromatic N) is 3. The van der Waals surface area contributed by atoms with Crippen LogP contribution in [-0.4, -0.2) is 44.2 Å². The Balaban J connectivity index is 1.64. The predicted molar refractivity (Wildman–Crippen MR) is 86.2 cm³/mol. The Morgan fingerprint density at radius 3 is 2.95 bits per heavy atom. The van der Waals surface area contributed by atoms with Crippen molar-refractivity contribution < 1.29 is 9.59 Å². The number of aromatic nitrogens is 3. The SMILES string of the molecule is O=C1CCCN1C(=O)CSc1n[nH]c(-c2ccccc2Br)n1. The molecular formula is C14H13BrN4O2S. The summed E-state index contributed by atoms with van der Waals surface area (Å²) in [6.45, 7) is 0.522. The molecule has 1 saturated heterocycles. The molecule has 2 amide bonds. The number of aromatic amines is 1. The third-order valence-corrected chi connectivity index (χ3v) is 4.82. The van der Waals surface area contributed by atoms with Crippen molar-refractivity contribution in [3.8, 4) is 11.4 Å². The Labute approximate surface area is 139 Å². The lowest BCUT2D eigenvalue weighted by Gasteiger charge is -2.11. The third-order valence-electron chi connectivity index (χ3n) is 3.29. The standard InChI is InChI=1S/C14H13BrN4O2S/c15-10-5-2-1-4-9(10)13-16-14(18-17-13)22-8-12(21)19-7-3-6-11(19)20/h1-2,4-5H,3,6-8H2,(H,16,17,18). The van der Waals surface area contributed by atoms with Crippen LogP contribution < -0.4 is 0 Å². The van der Waals surface area contributed by atoms with Crippen LogP contribution in [0, 0.1) is 0 Å². The van der Waals surface area contributed by atoms with Crippen molar-refractivity contribution in [1.82, 2.24) is 20.1 Å². The fourth-order valence-corrected chi connectivity index (χ4v) is 3.35. The van der Waals surface area contributed by atoms with E-state index < -0.39 is 0 Å². The number of imide groups is 1. The second-order valence-electron chi connectivity index (χ2n) is 4.78. The molecule has 22 heavy (non-hydrogen) atoms. The van der Waals surface area contributed by atoms with E-state index in [2.05, 4.69) is 31.1 Å². The largest absolute Gasteiger partial charge is 0.282 e. The molecule has 0 bridgehead atoms. The first-order valence-electron chi connectivity index (χ1n) is 6.78. The molecule has 8 heteroatoms. The average molecular weight is 381 g/mol. The van der Waals surface area contributed by atoms with Crippen LogP contribution in [0.5, 0.6) is 0 Å². The lowest BCUT2D eigenvalue weighted by Crippen LogP contribution is -2.33. The molecule has 3 rings (SSSR count). The number of halogens is 1. The normalized spacial score (nSPS) is 14.6. The van der Waals surface area contributed by atoms with E-state index in [4.69, 9.17) is 0 Å². The molecule has 0 atom stereocenters. The first-order chi connectivity index (χ1) is 10.6. The topological polar surface area (TPSA) is 79.0 Å². The highest BCUT2D eigenvalue weighted by Crippen LogP contribution is 2.26. The van der Waals surface area contributed by atoms with Gasteiger partial charge in [-0.1, -0.05) is 45.9 Å². The van der Waals surface area contributed by atoms with Crippen molar-refractivity contribution in [2.45, 2.75) is 18.0 Å². The summed E-state index contributed by atoms with van der Waals surface area (Å²) in [5.41, 5.74) is 0.905. The van der Waals surface area contributed by atoms with Crippen LogP contribution in [0.1, 0.15) is 12.8 Å². The molecule has 0 unspecified atom stereocenters. The molecule has 2 heterocycles. The van der Waals surface area contributed by atoms with Crippen LogP contribution in [0.2, 0.25) is 0 Å². The number of hydrogen-bond donors (Lipinski definition) is 1. The summed E-state index contributed by atoms with van der Waals surface area (Å²) in [5.74, 6) is 0.535. The van der Waals surface area contributed by atoms with E-state index in [1.165, 1.54) is 16.7 Å². The minimum Gasteiger partial charge on any atom is -0.282 e. The van der Waals surface area contributed by atoms with Crippen molar-refractivity contribution in [3.05, 3.63) is 28.7 Å². The van der Waals surface area contributed by atoms with Gasteiger partial charge in [-0.15, -0.1) is 5.10 Å².